The van der Waals surface area contributed by atoms with Gasteiger partial charge < -0.3 is 15.8 Å². The number of thiocarbonyl (C=S) groups is 1. The minimum absolute atomic E-state index is 0.281. The Morgan fingerprint density at radius 3 is 2.68 bits per heavy atom. The van der Waals surface area contributed by atoms with Gasteiger partial charge in [-0.15, -0.1) is 5.10 Å². The summed E-state index contributed by atoms with van der Waals surface area (Å²) in [5.41, 5.74) is 7.16. The summed E-state index contributed by atoms with van der Waals surface area (Å²) in [5.74, 6) is 1.36. The largest absolute Gasteiger partial charge is 0.494 e. The normalized spacial score (nSPS) is 9.95. The van der Waals surface area contributed by atoms with Crippen LogP contribution in [0, 0.1) is 0 Å². The monoisotopic (exact) mass is 274 g/mol. The first-order chi connectivity index (χ1) is 9.20. The Balaban J connectivity index is 2.19. The zero-order valence-electron chi connectivity index (χ0n) is 10.5. The number of nitrogens with one attached hydrogen (secondary N) is 1. The highest BCUT2D eigenvalue weighted by molar-refractivity contribution is 7.80. The van der Waals surface area contributed by atoms with E-state index in [4.69, 9.17) is 22.7 Å². The second kappa shape index (κ2) is 6.10. The summed E-state index contributed by atoms with van der Waals surface area (Å²) in [4.78, 5) is 0.281. The molecule has 0 unspecified atom stereocenters. The van der Waals surface area contributed by atoms with E-state index in [2.05, 4.69) is 15.5 Å². The molecule has 3 N–H and O–H groups in total. The number of nitrogens with zero attached hydrogens (tertiary/aromatic N) is 2. The number of anilines is 2. The van der Waals surface area contributed by atoms with Gasteiger partial charge in [0.15, 0.2) is 5.82 Å². The molecule has 6 heteroatoms. The number of nitrogens with two attached hydrogens (primary N) is 1. The average Bonchev–Trinajstić information content (AvgIpc) is 2.42. The number of hydrogen-bond acceptors (Lipinski definition) is 5. The van der Waals surface area contributed by atoms with Gasteiger partial charge in [0.05, 0.1) is 18.4 Å². The van der Waals surface area contributed by atoms with E-state index in [1.54, 1.807) is 12.3 Å². The summed E-state index contributed by atoms with van der Waals surface area (Å²) in [5, 5.41) is 10.9. The van der Waals surface area contributed by atoms with Gasteiger partial charge in [-0.3, -0.25) is 0 Å². The van der Waals surface area contributed by atoms with Crippen molar-refractivity contribution in [1.29, 1.82) is 0 Å². The Kier molecular flexibility index (Phi) is 4.25. The van der Waals surface area contributed by atoms with Gasteiger partial charge in [0.25, 0.3) is 0 Å². The number of aromatic nitrogens is 2. The lowest BCUT2D eigenvalue weighted by Crippen LogP contribution is -2.13. The maximum Gasteiger partial charge on any atom is 0.163 e. The third-order valence-corrected chi connectivity index (χ3v) is 2.63. The van der Waals surface area contributed by atoms with Crippen molar-refractivity contribution in [2.24, 2.45) is 5.73 Å². The molecule has 19 heavy (non-hydrogen) atoms. The van der Waals surface area contributed by atoms with E-state index in [9.17, 15) is 0 Å². The molecule has 0 spiro atoms. The van der Waals surface area contributed by atoms with Crippen molar-refractivity contribution >= 4 is 28.7 Å². The van der Waals surface area contributed by atoms with Crippen LogP contribution in [0.2, 0.25) is 0 Å². The fraction of sp³-hybridized carbons (Fsp3) is 0.154. The van der Waals surface area contributed by atoms with Crippen molar-refractivity contribution in [3.8, 4) is 5.75 Å². The highest BCUT2D eigenvalue weighted by Gasteiger charge is 2.07. The first-order valence-corrected chi connectivity index (χ1v) is 6.23. The number of hydrogen-bond donors (Lipinski definition) is 2. The van der Waals surface area contributed by atoms with E-state index in [1.807, 2.05) is 31.2 Å². The van der Waals surface area contributed by atoms with E-state index < -0.39 is 0 Å². The lowest BCUT2D eigenvalue weighted by atomic mass is 10.2. The van der Waals surface area contributed by atoms with Gasteiger partial charge in [-0.25, -0.2) is 0 Å². The minimum atomic E-state index is 0.281. The van der Waals surface area contributed by atoms with Crippen LogP contribution in [0.25, 0.3) is 0 Å². The molecule has 1 aromatic heterocycles. The average molecular weight is 274 g/mol. The molecule has 0 fully saturated rings. The molecule has 0 amide bonds. The third-order valence-electron chi connectivity index (χ3n) is 2.41. The Hall–Kier alpha value is -2.21. The van der Waals surface area contributed by atoms with Crippen molar-refractivity contribution in [3.05, 3.63) is 42.1 Å². The first-order valence-electron chi connectivity index (χ1n) is 5.82. The molecule has 0 saturated heterocycles. The van der Waals surface area contributed by atoms with Crippen LogP contribution in [0.4, 0.5) is 11.5 Å². The minimum Gasteiger partial charge on any atom is -0.494 e. The van der Waals surface area contributed by atoms with Crippen LogP contribution in [0.5, 0.6) is 5.75 Å². The van der Waals surface area contributed by atoms with Crippen molar-refractivity contribution in [3.63, 3.8) is 0 Å². The summed E-state index contributed by atoms with van der Waals surface area (Å²) in [7, 11) is 0. The molecule has 0 saturated carbocycles. The van der Waals surface area contributed by atoms with Crippen LogP contribution >= 0.6 is 12.2 Å². The van der Waals surface area contributed by atoms with Gasteiger partial charge in [0, 0.05) is 5.69 Å². The van der Waals surface area contributed by atoms with E-state index in [-0.39, 0.29) is 4.99 Å². The lowest BCUT2D eigenvalue weighted by Gasteiger charge is -2.09. The van der Waals surface area contributed by atoms with Gasteiger partial charge in [0.2, 0.25) is 0 Å². The molecule has 0 atom stereocenters. The van der Waals surface area contributed by atoms with Crippen molar-refractivity contribution in [2.45, 2.75) is 6.92 Å². The van der Waals surface area contributed by atoms with E-state index in [0.717, 1.165) is 11.4 Å². The van der Waals surface area contributed by atoms with Crippen molar-refractivity contribution in [2.75, 3.05) is 11.9 Å². The van der Waals surface area contributed by atoms with Gasteiger partial charge in [-0.1, -0.05) is 12.2 Å². The molecule has 1 heterocycles. The summed E-state index contributed by atoms with van der Waals surface area (Å²) in [6.07, 6.45) is 1.55. The SMILES string of the molecule is CCOc1ccc(Nc2nnccc2C(N)=S)cc1. The quantitative estimate of drug-likeness (QED) is 0.815. The van der Waals surface area contributed by atoms with Crippen molar-refractivity contribution < 1.29 is 4.74 Å². The number of benzene rings is 1. The molecule has 0 aliphatic heterocycles. The molecule has 98 valence electrons. The molecule has 1 aromatic carbocycles. The predicted molar refractivity (Wildman–Crippen MR) is 78.8 cm³/mol. The molecule has 2 rings (SSSR count). The molecule has 0 aliphatic carbocycles. The standard InChI is InChI=1S/C13H14N4OS/c1-2-18-10-5-3-9(4-6-10)16-13-11(12(14)19)7-8-15-17-13/h3-8H,2H2,1H3,(H2,14,19)(H,16,17). The van der Waals surface area contributed by atoms with Gasteiger partial charge >= 0.3 is 0 Å². The molecule has 5 nitrogen and oxygen atoms in total. The second-order valence-corrected chi connectivity index (χ2v) is 4.18. The van der Waals surface area contributed by atoms with E-state index in [1.165, 1.54) is 0 Å². The summed E-state index contributed by atoms with van der Waals surface area (Å²) >= 11 is 4.97. The van der Waals surface area contributed by atoms with Crippen LogP contribution in [0.3, 0.4) is 0 Å². The van der Waals surface area contributed by atoms with Crippen LogP contribution in [-0.4, -0.2) is 21.8 Å². The lowest BCUT2D eigenvalue weighted by molar-refractivity contribution is 0.340. The molecule has 2 aromatic rings. The number of rotatable bonds is 5. The highest BCUT2D eigenvalue weighted by Crippen LogP contribution is 2.20. The first kappa shape index (κ1) is 13.2. The summed E-state index contributed by atoms with van der Waals surface area (Å²) in [6.45, 7) is 2.59. The van der Waals surface area contributed by atoms with Crippen molar-refractivity contribution in [1.82, 2.24) is 10.2 Å². The topological polar surface area (TPSA) is 73.1 Å². The summed E-state index contributed by atoms with van der Waals surface area (Å²) < 4.78 is 5.38. The molecule has 0 radical (unpaired) electrons. The fourth-order valence-electron chi connectivity index (χ4n) is 1.56. The highest BCUT2D eigenvalue weighted by atomic mass is 32.1. The van der Waals surface area contributed by atoms with Gasteiger partial charge in [-0.05, 0) is 37.3 Å². The van der Waals surface area contributed by atoms with E-state index in [0.29, 0.717) is 18.0 Å². The molecule has 0 aliphatic rings. The summed E-state index contributed by atoms with van der Waals surface area (Å²) in [6, 6.07) is 9.27. The Labute approximate surface area is 116 Å². The zero-order chi connectivity index (χ0) is 13.7. The third kappa shape index (κ3) is 3.38. The molecule has 0 bridgehead atoms. The molecular weight excluding hydrogens is 260 g/mol. The van der Waals surface area contributed by atoms with Crippen LogP contribution in [0.15, 0.2) is 36.5 Å². The maximum absolute atomic E-state index is 5.64. The van der Waals surface area contributed by atoms with Gasteiger partial charge in [-0.2, -0.15) is 5.10 Å². The fourth-order valence-corrected chi connectivity index (χ4v) is 1.73. The Bertz CT molecular complexity index is 571. The van der Waals surface area contributed by atoms with Crippen LogP contribution < -0.4 is 15.8 Å². The number of ether oxygens (including phenoxy) is 1. The van der Waals surface area contributed by atoms with Gasteiger partial charge in [0.1, 0.15) is 10.7 Å². The Morgan fingerprint density at radius 1 is 1.32 bits per heavy atom. The molecular formula is C13H14N4OS. The van der Waals surface area contributed by atoms with Crippen LogP contribution in [0.1, 0.15) is 12.5 Å². The van der Waals surface area contributed by atoms with E-state index >= 15 is 0 Å². The predicted octanol–water partition coefficient (Wildman–Crippen LogP) is 2.25. The Morgan fingerprint density at radius 2 is 2.05 bits per heavy atom. The maximum atomic E-state index is 5.64. The zero-order valence-corrected chi connectivity index (χ0v) is 11.3. The van der Waals surface area contributed by atoms with Crippen LogP contribution in [-0.2, 0) is 0 Å². The second-order valence-electron chi connectivity index (χ2n) is 3.74. The smallest absolute Gasteiger partial charge is 0.163 e.